The average molecular weight is 253 g/mol. The quantitative estimate of drug-likeness (QED) is 0.911. The molecule has 0 heterocycles. The Morgan fingerprint density at radius 3 is 2.58 bits per heavy atom. The van der Waals surface area contributed by atoms with Gasteiger partial charge in [-0.25, -0.2) is 0 Å². The van der Waals surface area contributed by atoms with Crippen LogP contribution in [0.1, 0.15) is 22.3 Å². The molecular weight excluding hydrogens is 238 g/mol. The average Bonchev–Trinajstić information content (AvgIpc) is 2.46. The van der Waals surface area contributed by atoms with Crippen LogP contribution in [0.4, 0.5) is 0 Å². The summed E-state index contributed by atoms with van der Waals surface area (Å²) in [5.74, 6) is 0.701. The summed E-state index contributed by atoms with van der Waals surface area (Å²) in [4.78, 5) is 0. The fraction of sp³-hybridized carbons (Fsp3) is 0.188. The van der Waals surface area contributed by atoms with Gasteiger partial charge in [-0.2, -0.15) is 5.26 Å². The molecule has 0 fully saturated rings. The molecule has 2 aromatic rings. The Hall–Kier alpha value is -2.31. The number of nitriles is 1. The minimum atomic E-state index is -0.00322. The minimum absolute atomic E-state index is 0.00322. The van der Waals surface area contributed by atoms with E-state index in [1.54, 1.807) is 12.1 Å². The van der Waals surface area contributed by atoms with Gasteiger partial charge < -0.3 is 9.84 Å². The highest BCUT2D eigenvalue weighted by Gasteiger charge is 2.04. The predicted molar refractivity (Wildman–Crippen MR) is 72.6 cm³/mol. The van der Waals surface area contributed by atoms with Crippen molar-refractivity contribution >= 4 is 0 Å². The SMILES string of the molecule is Cc1ccc(C#N)cc1OCc1ccccc1CO. The van der Waals surface area contributed by atoms with Gasteiger partial charge in [0.15, 0.2) is 0 Å². The first-order valence-corrected chi connectivity index (χ1v) is 6.06. The lowest BCUT2D eigenvalue weighted by Crippen LogP contribution is -2.01. The van der Waals surface area contributed by atoms with Gasteiger partial charge in [0.2, 0.25) is 0 Å². The van der Waals surface area contributed by atoms with Gasteiger partial charge in [-0.15, -0.1) is 0 Å². The van der Waals surface area contributed by atoms with Gasteiger partial charge in [0.05, 0.1) is 18.2 Å². The van der Waals surface area contributed by atoms with Crippen molar-refractivity contribution in [2.45, 2.75) is 20.1 Å². The minimum Gasteiger partial charge on any atom is -0.489 e. The number of benzene rings is 2. The molecule has 0 aromatic heterocycles. The molecule has 0 radical (unpaired) electrons. The molecule has 2 aromatic carbocycles. The van der Waals surface area contributed by atoms with Crippen molar-refractivity contribution in [3.05, 3.63) is 64.7 Å². The fourth-order valence-electron chi connectivity index (χ4n) is 1.83. The molecular formula is C16H15NO2. The largest absolute Gasteiger partial charge is 0.489 e. The maximum Gasteiger partial charge on any atom is 0.124 e. The number of nitrogens with zero attached hydrogens (tertiary/aromatic N) is 1. The Labute approximate surface area is 112 Å². The zero-order valence-electron chi connectivity index (χ0n) is 10.8. The Morgan fingerprint density at radius 2 is 1.89 bits per heavy atom. The third-order valence-corrected chi connectivity index (χ3v) is 2.99. The zero-order chi connectivity index (χ0) is 13.7. The van der Waals surface area contributed by atoms with Crippen LogP contribution in [-0.4, -0.2) is 5.11 Å². The fourth-order valence-corrected chi connectivity index (χ4v) is 1.83. The summed E-state index contributed by atoms with van der Waals surface area (Å²) in [6, 6.07) is 15.1. The van der Waals surface area contributed by atoms with Gasteiger partial charge in [0.1, 0.15) is 12.4 Å². The molecule has 0 bridgehead atoms. The van der Waals surface area contributed by atoms with Crippen LogP contribution < -0.4 is 4.74 Å². The van der Waals surface area contributed by atoms with Crippen LogP contribution in [0.3, 0.4) is 0 Å². The van der Waals surface area contributed by atoms with Crippen LogP contribution in [0.15, 0.2) is 42.5 Å². The maximum absolute atomic E-state index is 9.25. The van der Waals surface area contributed by atoms with Crippen LogP contribution in [0.2, 0.25) is 0 Å². The highest BCUT2D eigenvalue weighted by Crippen LogP contribution is 2.21. The number of hydrogen-bond acceptors (Lipinski definition) is 3. The van der Waals surface area contributed by atoms with E-state index in [1.807, 2.05) is 37.3 Å². The molecule has 0 spiro atoms. The summed E-state index contributed by atoms with van der Waals surface area (Å²) >= 11 is 0. The maximum atomic E-state index is 9.25. The summed E-state index contributed by atoms with van der Waals surface area (Å²) in [5, 5.41) is 18.1. The van der Waals surface area contributed by atoms with Crippen molar-refractivity contribution < 1.29 is 9.84 Å². The molecule has 1 N–H and O–H groups in total. The first-order valence-electron chi connectivity index (χ1n) is 6.06. The second-order valence-electron chi connectivity index (χ2n) is 4.31. The standard InChI is InChI=1S/C16H15NO2/c1-12-6-7-13(9-17)8-16(12)19-11-15-5-3-2-4-14(15)10-18/h2-8,18H,10-11H2,1H3. The number of ether oxygens (including phenoxy) is 1. The van der Waals surface area contributed by atoms with E-state index in [4.69, 9.17) is 10.00 Å². The molecule has 96 valence electrons. The topological polar surface area (TPSA) is 53.2 Å². The van der Waals surface area contributed by atoms with Crippen molar-refractivity contribution in [2.24, 2.45) is 0 Å². The van der Waals surface area contributed by atoms with E-state index < -0.39 is 0 Å². The number of aliphatic hydroxyl groups excluding tert-OH is 1. The van der Waals surface area contributed by atoms with Gasteiger partial charge >= 0.3 is 0 Å². The normalized spacial score (nSPS) is 9.95. The van der Waals surface area contributed by atoms with Crippen LogP contribution >= 0.6 is 0 Å². The first-order chi connectivity index (χ1) is 9.24. The monoisotopic (exact) mass is 253 g/mol. The molecule has 3 nitrogen and oxygen atoms in total. The van der Waals surface area contributed by atoms with Gasteiger partial charge in [-0.1, -0.05) is 30.3 Å². The van der Waals surface area contributed by atoms with Crippen molar-refractivity contribution in [2.75, 3.05) is 0 Å². The molecule has 0 aliphatic heterocycles. The van der Waals surface area contributed by atoms with Crippen LogP contribution in [0, 0.1) is 18.3 Å². The number of hydrogen-bond donors (Lipinski definition) is 1. The Kier molecular flexibility index (Phi) is 4.17. The van der Waals surface area contributed by atoms with Crippen LogP contribution in [0.5, 0.6) is 5.75 Å². The molecule has 0 saturated carbocycles. The third kappa shape index (κ3) is 3.12. The van der Waals surface area contributed by atoms with Crippen molar-refractivity contribution in [1.82, 2.24) is 0 Å². The molecule has 0 saturated heterocycles. The molecule has 0 aliphatic carbocycles. The van der Waals surface area contributed by atoms with Crippen LogP contribution in [0.25, 0.3) is 0 Å². The lowest BCUT2D eigenvalue weighted by molar-refractivity contribution is 0.269. The molecule has 0 aliphatic rings. The van der Waals surface area contributed by atoms with Crippen LogP contribution in [-0.2, 0) is 13.2 Å². The van der Waals surface area contributed by atoms with Crippen molar-refractivity contribution in [3.63, 3.8) is 0 Å². The van der Waals surface area contributed by atoms with E-state index in [9.17, 15) is 5.11 Å². The molecule has 19 heavy (non-hydrogen) atoms. The number of aryl methyl sites for hydroxylation is 1. The van der Waals surface area contributed by atoms with E-state index in [0.717, 1.165) is 16.7 Å². The predicted octanol–water partition coefficient (Wildman–Crippen LogP) is 2.94. The molecule has 2 rings (SSSR count). The van der Waals surface area contributed by atoms with Gasteiger partial charge in [-0.05, 0) is 35.7 Å². The molecule has 0 unspecified atom stereocenters. The number of rotatable bonds is 4. The number of aliphatic hydroxyl groups is 1. The van der Waals surface area contributed by atoms with E-state index >= 15 is 0 Å². The smallest absolute Gasteiger partial charge is 0.124 e. The van der Waals surface area contributed by atoms with E-state index in [0.29, 0.717) is 17.9 Å². The summed E-state index contributed by atoms with van der Waals surface area (Å²) in [6.07, 6.45) is 0. The van der Waals surface area contributed by atoms with Gasteiger partial charge in [-0.3, -0.25) is 0 Å². The van der Waals surface area contributed by atoms with E-state index in [1.165, 1.54) is 0 Å². The van der Waals surface area contributed by atoms with E-state index in [2.05, 4.69) is 6.07 Å². The second kappa shape index (κ2) is 6.03. The molecule has 0 atom stereocenters. The third-order valence-electron chi connectivity index (χ3n) is 2.99. The molecule has 0 amide bonds. The van der Waals surface area contributed by atoms with E-state index in [-0.39, 0.29) is 6.61 Å². The lowest BCUT2D eigenvalue weighted by Gasteiger charge is -2.11. The summed E-state index contributed by atoms with van der Waals surface area (Å²) < 4.78 is 5.75. The Balaban J connectivity index is 2.17. The summed E-state index contributed by atoms with van der Waals surface area (Å²) in [6.45, 7) is 2.32. The Bertz CT molecular complexity index is 614. The van der Waals surface area contributed by atoms with Gasteiger partial charge in [0, 0.05) is 0 Å². The summed E-state index contributed by atoms with van der Waals surface area (Å²) in [7, 11) is 0. The molecule has 3 heteroatoms. The highest BCUT2D eigenvalue weighted by molar-refractivity contribution is 5.42. The van der Waals surface area contributed by atoms with Crippen molar-refractivity contribution in [3.8, 4) is 11.8 Å². The van der Waals surface area contributed by atoms with Gasteiger partial charge in [0.25, 0.3) is 0 Å². The summed E-state index contributed by atoms with van der Waals surface area (Å²) in [5.41, 5.74) is 3.37. The second-order valence-corrected chi connectivity index (χ2v) is 4.31. The Morgan fingerprint density at radius 1 is 1.16 bits per heavy atom. The first kappa shape index (κ1) is 13.1. The van der Waals surface area contributed by atoms with Crippen molar-refractivity contribution in [1.29, 1.82) is 5.26 Å². The highest BCUT2D eigenvalue weighted by atomic mass is 16.5. The zero-order valence-corrected chi connectivity index (χ0v) is 10.8. The lowest BCUT2D eigenvalue weighted by atomic mass is 10.1.